The summed E-state index contributed by atoms with van der Waals surface area (Å²) in [5.74, 6) is -4.00. The van der Waals surface area contributed by atoms with Crippen molar-refractivity contribution in [1.82, 2.24) is 36.4 Å². The van der Waals surface area contributed by atoms with Crippen LogP contribution in [0.5, 0.6) is 0 Å². The predicted molar refractivity (Wildman–Crippen MR) is 198 cm³/mol. The Morgan fingerprint density at radius 3 is 1.81 bits per heavy atom. The van der Waals surface area contributed by atoms with Gasteiger partial charge in [0.05, 0.1) is 6.10 Å². The molecule has 0 aromatic rings. The Morgan fingerprint density at radius 1 is 0.774 bits per heavy atom. The van der Waals surface area contributed by atoms with E-state index in [4.69, 9.17) is 11.5 Å². The fraction of sp³-hybridized carbons (Fsp3) is 0.771. The summed E-state index contributed by atoms with van der Waals surface area (Å²) in [5, 5.41) is 23.9. The Kier molecular flexibility index (Phi) is 18.5. The number of nitrogens with one attached hydrogen (secondary N) is 5. The zero-order chi connectivity index (χ0) is 39.8. The van der Waals surface area contributed by atoms with Gasteiger partial charge in [0.2, 0.25) is 41.4 Å². The van der Waals surface area contributed by atoms with Crippen molar-refractivity contribution in [2.24, 2.45) is 22.4 Å². The maximum atomic E-state index is 14.0. The number of likely N-dealkylation sites (tertiary alicyclic amines) is 2. The smallest absolute Gasteiger partial charge is 0.245 e. The molecule has 300 valence electrons. The van der Waals surface area contributed by atoms with E-state index in [-0.39, 0.29) is 43.7 Å². The fourth-order valence-corrected chi connectivity index (χ4v) is 6.70. The van der Waals surface area contributed by atoms with Crippen molar-refractivity contribution in [2.75, 3.05) is 26.2 Å². The first-order valence-corrected chi connectivity index (χ1v) is 18.9. The molecule has 0 aromatic heterocycles. The van der Waals surface area contributed by atoms with Crippen LogP contribution >= 0.6 is 0 Å². The molecule has 2 saturated heterocycles. The summed E-state index contributed by atoms with van der Waals surface area (Å²) >= 11 is 0. The van der Waals surface area contributed by atoms with Crippen LogP contribution in [0.25, 0.3) is 0 Å². The highest BCUT2D eigenvalue weighted by molar-refractivity contribution is 5.97. The van der Waals surface area contributed by atoms with Gasteiger partial charge in [0.15, 0.2) is 5.96 Å². The van der Waals surface area contributed by atoms with E-state index < -0.39 is 77.8 Å². The molecule has 2 fully saturated rings. The van der Waals surface area contributed by atoms with E-state index >= 15 is 0 Å². The third kappa shape index (κ3) is 13.2. The maximum absolute atomic E-state index is 14.0. The number of aliphatic hydroxyl groups excluding tert-OH is 1. The molecule has 2 aliphatic heterocycles. The number of hydrogen-bond acceptors (Lipinski definition) is 9. The Labute approximate surface area is 312 Å². The SMILES string of the molecule is CCC[C@H](NC(=O)[C@@H](NC(=O)[C@H](NC(C)=O)[C@@H](C)CC)[C@@H](C)O)C(=O)N1CCC[C@H]1C(=O)N[C@@H](CCCN=C(N)N)C(=O)N1CCC[C@H]1C(=O)NCC. The molecule has 2 rings (SSSR count). The van der Waals surface area contributed by atoms with Crippen LogP contribution in [-0.2, 0) is 33.6 Å². The van der Waals surface area contributed by atoms with Gasteiger partial charge < -0.3 is 53.0 Å². The highest BCUT2D eigenvalue weighted by Crippen LogP contribution is 2.23. The standard InChI is InChI=1S/C35H62N10O8/c1-7-13-23(42-32(51)28(21(5)46)43-31(50)27(20(4)8-2)40-22(6)47)33(52)45-19-12-16-26(45)30(49)41-24(14-10-17-39-35(36)37)34(53)44-18-11-15-25(44)29(48)38-9-3/h20-21,23-28,46H,7-19H2,1-6H3,(H,38,48)(H,40,47)(H,41,49)(H,42,51)(H,43,50)(H4,36,37,39)/t20-,21+,23-,24-,25-,26-,27+,28-/m0/s1. The summed E-state index contributed by atoms with van der Waals surface area (Å²) in [6, 6.07) is -6.08. The van der Waals surface area contributed by atoms with Gasteiger partial charge >= 0.3 is 0 Å². The highest BCUT2D eigenvalue weighted by atomic mass is 16.3. The number of amides is 7. The van der Waals surface area contributed by atoms with Gasteiger partial charge in [-0.05, 0) is 64.7 Å². The monoisotopic (exact) mass is 750 g/mol. The topological polar surface area (TPSA) is 271 Å². The number of rotatable bonds is 20. The van der Waals surface area contributed by atoms with Crippen molar-refractivity contribution >= 4 is 47.3 Å². The van der Waals surface area contributed by atoms with Crippen molar-refractivity contribution in [3.8, 4) is 0 Å². The van der Waals surface area contributed by atoms with Crippen LogP contribution in [0.3, 0.4) is 0 Å². The van der Waals surface area contributed by atoms with Gasteiger partial charge in [0, 0.05) is 33.1 Å². The minimum Gasteiger partial charge on any atom is -0.391 e. The largest absolute Gasteiger partial charge is 0.391 e. The molecule has 0 spiro atoms. The molecule has 0 unspecified atom stereocenters. The van der Waals surface area contributed by atoms with Crippen molar-refractivity contribution in [1.29, 1.82) is 0 Å². The normalized spacial score (nSPS) is 20.2. The summed E-state index contributed by atoms with van der Waals surface area (Å²) in [6.07, 6.45) is 2.39. The van der Waals surface area contributed by atoms with Crippen LogP contribution in [0, 0.1) is 5.92 Å². The van der Waals surface area contributed by atoms with E-state index in [1.54, 1.807) is 13.8 Å². The first-order chi connectivity index (χ1) is 25.1. The Balaban J connectivity index is 2.26. The second-order valence-electron chi connectivity index (χ2n) is 13.9. The van der Waals surface area contributed by atoms with Crippen molar-refractivity contribution in [3.05, 3.63) is 0 Å². The molecule has 0 bridgehead atoms. The van der Waals surface area contributed by atoms with Crippen LogP contribution in [-0.4, -0.2) is 131 Å². The molecule has 7 amide bonds. The van der Waals surface area contributed by atoms with Gasteiger partial charge in [0.1, 0.15) is 36.3 Å². The van der Waals surface area contributed by atoms with Gasteiger partial charge in [-0.1, -0.05) is 33.6 Å². The average molecular weight is 751 g/mol. The molecule has 53 heavy (non-hydrogen) atoms. The summed E-state index contributed by atoms with van der Waals surface area (Å²) in [7, 11) is 0. The Morgan fingerprint density at radius 2 is 1.32 bits per heavy atom. The first-order valence-electron chi connectivity index (χ1n) is 18.9. The number of carbonyl (C=O) groups is 7. The van der Waals surface area contributed by atoms with Crippen LogP contribution < -0.4 is 38.1 Å². The van der Waals surface area contributed by atoms with Crippen molar-refractivity contribution < 1.29 is 38.7 Å². The highest BCUT2D eigenvalue weighted by Gasteiger charge is 2.42. The minimum atomic E-state index is -1.44. The lowest BCUT2D eigenvalue weighted by Crippen LogP contribution is -2.61. The van der Waals surface area contributed by atoms with Crippen molar-refractivity contribution in [3.63, 3.8) is 0 Å². The number of guanidine groups is 1. The van der Waals surface area contributed by atoms with E-state index in [9.17, 15) is 38.7 Å². The van der Waals surface area contributed by atoms with E-state index in [0.29, 0.717) is 58.0 Å². The van der Waals surface area contributed by atoms with E-state index in [1.165, 1.54) is 23.6 Å². The van der Waals surface area contributed by atoms with Gasteiger partial charge in [0.25, 0.3) is 0 Å². The molecular weight excluding hydrogens is 688 g/mol. The van der Waals surface area contributed by atoms with Crippen LogP contribution in [0.1, 0.15) is 99.3 Å². The van der Waals surface area contributed by atoms with Gasteiger partial charge in [-0.3, -0.25) is 38.6 Å². The van der Waals surface area contributed by atoms with Crippen molar-refractivity contribution in [2.45, 2.75) is 142 Å². The zero-order valence-corrected chi connectivity index (χ0v) is 32.1. The lowest BCUT2D eigenvalue weighted by molar-refractivity contribution is -0.145. The molecular formula is C35H62N10O8. The summed E-state index contributed by atoms with van der Waals surface area (Å²) in [4.78, 5) is 99.8. The lowest BCUT2D eigenvalue weighted by atomic mass is 9.97. The van der Waals surface area contributed by atoms with Gasteiger partial charge in [-0.2, -0.15) is 0 Å². The van der Waals surface area contributed by atoms with Crippen LogP contribution in [0.2, 0.25) is 0 Å². The predicted octanol–water partition coefficient (Wildman–Crippen LogP) is -1.66. The molecule has 10 N–H and O–H groups in total. The molecule has 18 nitrogen and oxygen atoms in total. The third-order valence-electron chi connectivity index (χ3n) is 9.70. The quantitative estimate of drug-likeness (QED) is 0.0399. The number of likely N-dealkylation sites (N-methyl/N-ethyl adjacent to an activating group) is 1. The summed E-state index contributed by atoms with van der Waals surface area (Å²) < 4.78 is 0. The lowest BCUT2D eigenvalue weighted by Gasteiger charge is -2.32. The molecule has 0 aliphatic carbocycles. The second kappa shape index (κ2) is 21.9. The Hall–Kier alpha value is -4.48. The Bertz CT molecular complexity index is 1320. The number of aliphatic hydroxyl groups is 1. The maximum Gasteiger partial charge on any atom is 0.245 e. The molecule has 8 atom stereocenters. The minimum absolute atomic E-state index is 0.107. The van der Waals surface area contributed by atoms with E-state index in [2.05, 4.69) is 31.6 Å². The van der Waals surface area contributed by atoms with E-state index in [0.717, 1.165) is 0 Å². The molecule has 2 heterocycles. The van der Waals surface area contributed by atoms with Crippen LogP contribution in [0.4, 0.5) is 0 Å². The third-order valence-corrected chi connectivity index (χ3v) is 9.70. The molecule has 0 radical (unpaired) electrons. The molecule has 0 saturated carbocycles. The molecule has 18 heteroatoms. The number of carbonyl (C=O) groups excluding carboxylic acids is 7. The number of hydrogen-bond donors (Lipinski definition) is 8. The second-order valence-corrected chi connectivity index (χ2v) is 13.9. The number of aliphatic imine (C=N–C) groups is 1. The zero-order valence-electron chi connectivity index (χ0n) is 32.1. The van der Waals surface area contributed by atoms with Gasteiger partial charge in [-0.15, -0.1) is 0 Å². The number of nitrogens with zero attached hydrogens (tertiary/aromatic N) is 3. The molecule has 0 aromatic carbocycles. The summed E-state index contributed by atoms with van der Waals surface area (Å²) in [6.45, 7) is 11.0. The first kappa shape index (κ1) is 44.7. The fourth-order valence-electron chi connectivity index (χ4n) is 6.70. The van der Waals surface area contributed by atoms with Gasteiger partial charge in [-0.25, -0.2) is 0 Å². The molecule has 2 aliphatic rings. The van der Waals surface area contributed by atoms with E-state index in [1.807, 2.05) is 13.8 Å². The van der Waals surface area contributed by atoms with Crippen LogP contribution in [0.15, 0.2) is 4.99 Å². The summed E-state index contributed by atoms with van der Waals surface area (Å²) in [5.41, 5.74) is 10.9. The average Bonchev–Trinajstić information content (AvgIpc) is 3.80. The number of nitrogens with two attached hydrogens (primary N) is 2.